The number of pyridine rings is 1. The van der Waals surface area contributed by atoms with Crippen molar-refractivity contribution in [1.29, 1.82) is 0 Å². The number of hydrogen-bond donors (Lipinski definition) is 3. The lowest BCUT2D eigenvalue weighted by Crippen LogP contribution is -2.47. The molecule has 268 valence electrons. The molecule has 3 N–H and O–H groups in total. The highest BCUT2D eigenvalue weighted by atomic mass is 35.5. The summed E-state index contributed by atoms with van der Waals surface area (Å²) in [5, 5.41) is 13.9. The number of carbonyl (C=O) groups excluding carboxylic acids is 3. The molecule has 0 saturated carbocycles. The van der Waals surface area contributed by atoms with Crippen LogP contribution in [0.2, 0.25) is 5.02 Å². The third kappa shape index (κ3) is 7.52. The van der Waals surface area contributed by atoms with Crippen LogP contribution < -0.4 is 20.9 Å². The molecule has 5 heterocycles. The minimum Gasteiger partial charge on any atom is -0.496 e. The Balaban J connectivity index is 0.886. The molecule has 3 saturated heterocycles. The zero-order valence-electron chi connectivity index (χ0n) is 29.0. The molecule has 2 aromatic heterocycles. The quantitative estimate of drug-likeness (QED) is 0.216. The van der Waals surface area contributed by atoms with E-state index in [9.17, 15) is 19.2 Å². The van der Waals surface area contributed by atoms with Crippen molar-refractivity contribution < 1.29 is 19.1 Å². The van der Waals surface area contributed by atoms with Crippen molar-refractivity contribution in [2.75, 3.05) is 45.2 Å². The number of benzene rings is 2. The van der Waals surface area contributed by atoms with Gasteiger partial charge in [-0.1, -0.05) is 23.7 Å². The maximum Gasteiger partial charge on any atom is 0.276 e. The van der Waals surface area contributed by atoms with Crippen LogP contribution >= 0.6 is 11.6 Å². The molecule has 13 heteroatoms. The maximum absolute atomic E-state index is 13.3. The Morgan fingerprint density at radius 1 is 1.02 bits per heavy atom. The summed E-state index contributed by atoms with van der Waals surface area (Å²) in [6.07, 6.45) is 8.88. The van der Waals surface area contributed by atoms with E-state index in [2.05, 4.69) is 37.9 Å². The van der Waals surface area contributed by atoms with Crippen molar-refractivity contribution >= 4 is 45.9 Å². The molecule has 2 aromatic carbocycles. The largest absolute Gasteiger partial charge is 0.496 e. The fourth-order valence-electron chi connectivity index (χ4n) is 7.80. The van der Waals surface area contributed by atoms with Crippen LogP contribution in [0, 0.1) is 5.92 Å². The predicted molar refractivity (Wildman–Crippen MR) is 196 cm³/mol. The summed E-state index contributed by atoms with van der Waals surface area (Å²) in [6, 6.07) is 11.7. The monoisotopic (exact) mass is 713 g/mol. The molecule has 0 aliphatic carbocycles. The first kappa shape index (κ1) is 34.8. The number of likely N-dealkylation sites (tertiary alicyclic amines) is 2. The second kappa shape index (κ2) is 14.9. The van der Waals surface area contributed by atoms with Gasteiger partial charge >= 0.3 is 0 Å². The van der Waals surface area contributed by atoms with E-state index in [1.54, 1.807) is 26.6 Å². The summed E-state index contributed by atoms with van der Waals surface area (Å²) >= 11 is 6.91. The highest BCUT2D eigenvalue weighted by Gasteiger charge is 2.29. The number of piperidine rings is 3. The number of hydrogen-bond acceptors (Lipinski definition) is 8. The molecule has 1 atom stereocenters. The first-order chi connectivity index (χ1) is 24.7. The Bertz CT molecular complexity index is 1990. The number of ether oxygens (including phenoxy) is 1. The summed E-state index contributed by atoms with van der Waals surface area (Å²) < 4.78 is 7.37. The number of halogens is 1. The Morgan fingerprint density at radius 2 is 1.76 bits per heavy atom. The highest BCUT2D eigenvalue weighted by molar-refractivity contribution is 6.32. The number of aromatic nitrogens is 3. The Labute approximate surface area is 301 Å². The Hall–Kier alpha value is -4.68. The lowest BCUT2D eigenvalue weighted by Gasteiger charge is -2.36. The zero-order valence-corrected chi connectivity index (χ0v) is 29.8. The van der Waals surface area contributed by atoms with Crippen LogP contribution in [0.5, 0.6) is 5.75 Å². The zero-order chi connectivity index (χ0) is 35.6. The molecule has 7 rings (SSSR count). The molecular formula is C38H44ClN7O5. The normalized spacial score (nSPS) is 19.4. The van der Waals surface area contributed by atoms with Crippen LogP contribution in [0.15, 0.2) is 53.6 Å². The van der Waals surface area contributed by atoms with E-state index in [1.807, 2.05) is 29.2 Å². The fourth-order valence-corrected chi connectivity index (χ4v) is 8.09. The third-order valence-corrected chi connectivity index (χ3v) is 11.2. The minimum absolute atomic E-state index is 0.138. The molecule has 51 heavy (non-hydrogen) atoms. The van der Waals surface area contributed by atoms with E-state index in [-0.39, 0.29) is 23.3 Å². The van der Waals surface area contributed by atoms with Gasteiger partial charge in [0.15, 0.2) is 0 Å². The van der Waals surface area contributed by atoms with Crippen molar-refractivity contribution in [3.05, 3.63) is 75.3 Å². The summed E-state index contributed by atoms with van der Waals surface area (Å²) in [6.45, 7) is 3.66. The topological polar surface area (TPSA) is 142 Å². The smallest absolute Gasteiger partial charge is 0.276 e. The number of imide groups is 1. The second-order valence-corrected chi connectivity index (χ2v) is 14.5. The lowest BCUT2D eigenvalue weighted by molar-refractivity contribution is -0.134. The van der Waals surface area contributed by atoms with E-state index in [1.165, 1.54) is 10.1 Å². The molecule has 0 radical (unpaired) electrons. The van der Waals surface area contributed by atoms with Gasteiger partial charge in [0.2, 0.25) is 17.7 Å². The second-order valence-electron chi connectivity index (χ2n) is 14.1. The van der Waals surface area contributed by atoms with E-state index in [0.717, 1.165) is 91.8 Å². The molecule has 0 spiro atoms. The van der Waals surface area contributed by atoms with Crippen molar-refractivity contribution in [3.63, 3.8) is 0 Å². The molecule has 0 bridgehead atoms. The van der Waals surface area contributed by atoms with Gasteiger partial charge in [-0.15, -0.1) is 0 Å². The predicted octanol–water partition coefficient (Wildman–Crippen LogP) is 4.47. The van der Waals surface area contributed by atoms with Crippen molar-refractivity contribution in [3.8, 4) is 16.9 Å². The summed E-state index contributed by atoms with van der Waals surface area (Å²) in [5.74, 6) is 1.24. The van der Waals surface area contributed by atoms with Gasteiger partial charge in [-0.05, 0) is 98.8 Å². The number of methoxy groups -OCH3 is 1. The number of fused-ring (bicyclic) bond motifs is 1. The van der Waals surface area contributed by atoms with Crippen LogP contribution in [-0.2, 0) is 27.9 Å². The number of H-pyrrole nitrogens is 1. The van der Waals surface area contributed by atoms with Gasteiger partial charge in [-0.3, -0.25) is 34.5 Å². The van der Waals surface area contributed by atoms with Crippen molar-refractivity contribution in [2.24, 2.45) is 13.0 Å². The van der Waals surface area contributed by atoms with Gasteiger partial charge in [-0.25, -0.2) is 0 Å². The van der Waals surface area contributed by atoms with Crippen molar-refractivity contribution in [1.82, 2.24) is 29.9 Å². The molecule has 3 aliphatic heterocycles. The van der Waals surface area contributed by atoms with Gasteiger partial charge in [0.25, 0.3) is 5.56 Å². The average Bonchev–Trinajstić information content (AvgIpc) is 3.63. The highest BCUT2D eigenvalue weighted by Crippen LogP contribution is 2.38. The molecule has 1 unspecified atom stereocenters. The number of nitrogens with one attached hydrogen (secondary N) is 3. The van der Waals surface area contributed by atoms with E-state index < -0.39 is 6.04 Å². The van der Waals surface area contributed by atoms with Crippen LogP contribution in [0.3, 0.4) is 0 Å². The number of aryl methyl sites for hydroxylation is 1. The molecule has 3 fully saturated rings. The van der Waals surface area contributed by atoms with Gasteiger partial charge in [0.1, 0.15) is 17.3 Å². The number of aromatic amines is 1. The molecule has 3 amide bonds. The summed E-state index contributed by atoms with van der Waals surface area (Å²) in [4.78, 5) is 53.6. The molecular weight excluding hydrogens is 670 g/mol. The number of carbonyl (C=O) groups is 3. The van der Waals surface area contributed by atoms with E-state index in [0.29, 0.717) is 41.8 Å². The maximum atomic E-state index is 13.3. The molecule has 4 aromatic rings. The van der Waals surface area contributed by atoms with Gasteiger partial charge in [0, 0.05) is 60.0 Å². The fraction of sp³-hybridized carbons (Fsp3) is 0.447. The van der Waals surface area contributed by atoms with Gasteiger partial charge in [0.05, 0.1) is 19.9 Å². The number of nitrogens with zero attached hydrogens (tertiary/aromatic N) is 4. The first-order valence-electron chi connectivity index (χ1n) is 17.8. The Morgan fingerprint density at radius 3 is 2.47 bits per heavy atom. The first-order valence-corrected chi connectivity index (χ1v) is 18.1. The van der Waals surface area contributed by atoms with Crippen LogP contribution in [0.4, 0.5) is 5.69 Å². The van der Waals surface area contributed by atoms with E-state index in [4.69, 9.17) is 16.3 Å². The number of anilines is 1. The third-order valence-electron chi connectivity index (χ3n) is 10.8. The number of rotatable bonds is 9. The lowest BCUT2D eigenvalue weighted by atomic mass is 9.88. The minimum atomic E-state index is -0.399. The van der Waals surface area contributed by atoms with E-state index >= 15 is 0 Å². The molecule has 12 nitrogen and oxygen atoms in total. The van der Waals surface area contributed by atoms with Gasteiger partial charge < -0.3 is 19.5 Å². The van der Waals surface area contributed by atoms with Gasteiger partial charge in [-0.2, -0.15) is 5.10 Å². The van der Waals surface area contributed by atoms with Crippen molar-refractivity contribution in [2.45, 2.75) is 56.9 Å². The standard InChI is InChI=1S/C38H44ClN7O5/c1-44-21-30(29-20-40-43-36(29)38(44)50)26-18-31(39)28(33(19-26)51-2)17-23-9-13-45(14-10-23)22-35(48)46-15-11-25(12-16-46)24-3-5-27(6-4-24)41-32-7-8-34(47)42-37(32)49/h3-6,18-21,23,25,32,41H,7-17,22H2,1-2H3,(H,40,43)(H,42,47,49). The Kier molecular flexibility index (Phi) is 10.1. The van der Waals surface area contributed by atoms with Crippen LogP contribution in [-0.4, -0.2) is 88.2 Å². The average molecular weight is 714 g/mol. The van der Waals surface area contributed by atoms with Crippen LogP contribution in [0.1, 0.15) is 55.6 Å². The SMILES string of the molecule is COc1cc(-c2cn(C)c(=O)c3[nH]ncc23)cc(Cl)c1CC1CCN(CC(=O)N2CCC(c3ccc(NC4CCC(=O)NC4=O)cc3)CC2)CC1. The number of amides is 3. The summed E-state index contributed by atoms with van der Waals surface area (Å²) in [7, 11) is 3.38. The van der Waals surface area contributed by atoms with Crippen LogP contribution in [0.25, 0.3) is 22.0 Å². The molecule has 3 aliphatic rings. The summed E-state index contributed by atoms with van der Waals surface area (Å²) in [5.41, 5.74) is 5.11.